The summed E-state index contributed by atoms with van der Waals surface area (Å²) in [7, 11) is 0. The predicted molar refractivity (Wildman–Crippen MR) is 98.4 cm³/mol. The molecule has 1 saturated carbocycles. The highest BCUT2D eigenvalue weighted by Crippen LogP contribution is 2.21. The molecular formula is C20H30N2O3. The maximum absolute atomic E-state index is 12.0. The van der Waals surface area contributed by atoms with Crippen LogP contribution in [0.3, 0.4) is 0 Å². The number of nitrogens with zero attached hydrogens (tertiary/aromatic N) is 1. The third kappa shape index (κ3) is 7.16. The summed E-state index contributed by atoms with van der Waals surface area (Å²) in [6.45, 7) is 3.07. The van der Waals surface area contributed by atoms with E-state index in [0.29, 0.717) is 32.2 Å². The van der Waals surface area contributed by atoms with E-state index in [9.17, 15) is 9.59 Å². The molecule has 0 radical (unpaired) electrons. The van der Waals surface area contributed by atoms with Gasteiger partial charge in [0.25, 0.3) is 0 Å². The van der Waals surface area contributed by atoms with Gasteiger partial charge in [0, 0.05) is 26.1 Å². The summed E-state index contributed by atoms with van der Waals surface area (Å²) in [5.41, 5.74) is 0. The van der Waals surface area contributed by atoms with Crippen LogP contribution in [0.2, 0.25) is 0 Å². The Morgan fingerprint density at radius 2 is 1.80 bits per heavy atom. The van der Waals surface area contributed by atoms with Crippen LogP contribution in [0.4, 0.5) is 0 Å². The van der Waals surface area contributed by atoms with Gasteiger partial charge in [-0.25, -0.2) is 0 Å². The van der Waals surface area contributed by atoms with Gasteiger partial charge in [-0.3, -0.25) is 9.59 Å². The van der Waals surface area contributed by atoms with Crippen LogP contribution in [-0.4, -0.2) is 42.5 Å². The number of carbonyl (C=O) groups excluding carboxylic acids is 2. The lowest BCUT2D eigenvalue weighted by atomic mass is 10.1. The standard InChI is InChI=1S/C20H30N2O3/c1-17(23)22(18-9-5-2-3-6-10-18)15-14-21-20(24)13-16-25-19-11-7-4-8-12-19/h4,7-8,11-12,18H,2-3,5-6,9-10,13-16H2,1H3,(H,21,24). The van der Waals surface area contributed by atoms with Crippen molar-refractivity contribution >= 4 is 11.8 Å². The number of amides is 2. The Bertz CT molecular complexity index is 525. The first-order valence-corrected chi connectivity index (χ1v) is 9.38. The average molecular weight is 346 g/mol. The number of nitrogens with one attached hydrogen (secondary N) is 1. The number of carbonyl (C=O) groups is 2. The molecule has 0 saturated heterocycles. The third-order valence-electron chi connectivity index (χ3n) is 4.69. The van der Waals surface area contributed by atoms with Crippen molar-refractivity contribution in [1.29, 1.82) is 0 Å². The summed E-state index contributed by atoms with van der Waals surface area (Å²) in [5.74, 6) is 0.834. The zero-order chi connectivity index (χ0) is 17.9. The Labute approximate surface area is 150 Å². The predicted octanol–water partition coefficient (Wildman–Crippen LogP) is 3.14. The fraction of sp³-hybridized carbons (Fsp3) is 0.600. The van der Waals surface area contributed by atoms with Gasteiger partial charge in [-0.2, -0.15) is 0 Å². The second-order valence-electron chi connectivity index (χ2n) is 6.62. The van der Waals surface area contributed by atoms with Gasteiger partial charge in [0.1, 0.15) is 5.75 Å². The van der Waals surface area contributed by atoms with E-state index >= 15 is 0 Å². The summed E-state index contributed by atoms with van der Waals surface area (Å²) >= 11 is 0. The lowest BCUT2D eigenvalue weighted by Gasteiger charge is -2.30. The molecule has 2 amide bonds. The Balaban J connectivity index is 1.66. The fourth-order valence-corrected chi connectivity index (χ4v) is 3.35. The SMILES string of the molecule is CC(=O)N(CCNC(=O)CCOc1ccccc1)C1CCCCCC1. The molecule has 5 nitrogen and oxygen atoms in total. The molecular weight excluding hydrogens is 316 g/mol. The first-order chi connectivity index (χ1) is 12.2. The molecule has 0 aromatic heterocycles. The molecule has 5 heteroatoms. The van der Waals surface area contributed by atoms with Crippen molar-refractivity contribution in [3.05, 3.63) is 30.3 Å². The second kappa shape index (κ2) is 10.7. The molecule has 0 aliphatic heterocycles. The number of para-hydroxylation sites is 1. The first-order valence-electron chi connectivity index (χ1n) is 9.38. The number of rotatable bonds is 8. The van der Waals surface area contributed by atoms with E-state index in [1.807, 2.05) is 35.2 Å². The fourth-order valence-electron chi connectivity index (χ4n) is 3.35. The van der Waals surface area contributed by atoms with Gasteiger partial charge in [0.05, 0.1) is 13.0 Å². The van der Waals surface area contributed by atoms with Crippen molar-refractivity contribution in [2.75, 3.05) is 19.7 Å². The minimum absolute atomic E-state index is 0.0414. The van der Waals surface area contributed by atoms with Gasteiger partial charge in [-0.15, -0.1) is 0 Å². The summed E-state index contributed by atoms with van der Waals surface area (Å²) in [6.07, 6.45) is 7.39. The van der Waals surface area contributed by atoms with Crippen molar-refractivity contribution < 1.29 is 14.3 Å². The van der Waals surface area contributed by atoms with Crippen LogP contribution in [0.15, 0.2) is 30.3 Å². The lowest BCUT2D eigenvalue weighted by molar-refractivity contribution is -0.132. The van der Waals surface area contributed by atoms with E-state index in [4.69, 9.17) is 4.74 Å². The van der Waals surface area contributed by atoms with Crippen molar-refractivity contribution in [3.63, 3.8) is 0 Å². The van der Waals surface area contributed by atoms with E-state index in [1.54, 1.807) is 6.92 Å². The summed E-state index contributed by atoms with van der Waals surface area (Å²) in [5, 5.41) is 2.90. The first kappa shape index (κ1) is 19.3. The molecule has 1 aromatic carbocycles. The molecule has 0 unspecified atom stereocenters. The van der Waals surface area contributed by atoms with E-state index in [-0.39, 0.29) is 11.8 Å². The Morgan fingerprint density at radius 1 is 1.12 bits per heavy atom. The summed E-state index contributed by atoms with van der Waals surface area (Å²) in [4.78, 5) is 25.8. The largest absolute Gasteiger partial charge is 0.493 e. The molecule has 0 atom stereocenters. The molecule has 0 bridgehead atoms. The highest BCUT2D eigenvalue weighted by Gasteiger charge is 2.21. The van der Waals surface area contributed by atoms with Crippen molar-refractivity contribution in [2.24, 2.45) is 0 Å². The quantitative estimate of drug-likeness (QED) is 0.736. The normalized spacial score (nSPS) is 15.2. The van der Waals surface area contributed by atoms with Crippen LogP contribution in [-0.2, 0) is 9.59 Å². The molecule has 1 fully saturated rings. The number of hydrogen-bond donors (Lipinski definition) is 1. The Morgan fingerprint density at radius 3 is 2.44 bits per heavy atom. The van der Waals surface area contributed by atoms with Gasteiger partial charge in [0.15, 0.2) is 0 Å². The monoisotopic (exact) mass is 346 g/mol. The molecule has 138 valence electrons. The van der Waals surface area contributed by atoms with Crippen LogP contribution in [0, 0.1) is 0 Å². The smallest absolute Gasteiger partial charge is 0.223 e. The van der Waals surface area contributed by atoms with E-state index in [2.05, 4.69) is 5.32 Å². The van der Waals surface area contributed by atoms with Gasteiger partial charge >= 0.3 is 0 Å². The molecule has 1 aliphatic carbocycles. The summed E-state index contributed by atoms with van der Waals surface area (Å²) < 4.78 is 5.53. The van der Waals surface area contributed by atoms with E-state index in [1.165, 1.54) is 25.7 Å². The zero-order valence-electron chi connectivity index (χ0n) is 15.2. The van der Waals surface area contributed by atoms with Crippen LogP contribution >= 0.6 is 0 Å². The molecule has 0 heterocycles. The lowest BCUT2D eigenvalue weighted by Crippen LogP contribution is -2.43. The molecule has 1 N–H and O–H groups in total. The Kier molecular flexibility index (Phi) is 8.29. The second-order valence-corrected chi connectivity index (χ2v) is 6.62. The molecule has 1 aromatic rings. The molecule has 25 heavy (non-hydrogen) atoms. The zero-order valence-corrected chi connectivity index (χ0v) is 15.2. The number of hydrogen-bond acceptors (Lipinski definition) is 3. The summed E-state index contributed by atoms with van der Waals surface area (Å²) in [6, 6.07) is 9.80. The maximum atomic E-state index is 12.0. The maximum Gasteiger partial charge on any atom is 0.223 e. The van der Waals surface area contributed by atoms with Crippen LogP contribution in [0.25, 0.3) is 0 Å². The van der Waals surface area contributed by atoms with Crippen LogP contribution < -0.4 is 10.1 Å². The van der Waals surface area contributed by atoms with E-state index < -0.39 is 0 Å². The van der Waals surface area contributed by atoms with Crippen molar-refractivity contribution in [3.8, 4) is 5.75 Å². The average Bonchev–Trinajstić information content (AvgIpc) is 2.88. The highest BCUT2D eigenvalue weighted by atomic mass is 16.5. The van der Waals surface area contributed by atoms with Crippen molar-refractivity contribution in [2.45, 2.75) is 57.9 Å². The van der Waals surface area contributed by atoms with Crippen molar-refractivity contribution in [1.82, 2.24) is 10.2 Å². The van der Waals surface area contributed by atoms with E-state index in [0.717, 1.165) is 18.6 Å². The number of benzene rings is 1. The molecule has 0 spiro atoms. The van der Waals surface area contributed by atoms with Gasteiger partial charge < -0.3 is 15.0 Å². The van der Waals surface area contributed by atoms with Gasteiger partial charge in [-0.05, 0) is 25.0 Å². The number of ether oxygens (including phenoxy) is 1. The van der Waals surface area contributed by atoms with Crippen LogP contribution in [0.5, 0.6) is 5.75 Å². The van der Waals surface area contributed by atoms with Gasteiger partial charge in [0.2, 0.25) is 11.8 Å². The minimum atomic E-state index is -0.0414. The van der Waals surface area contributed by atoms with Crippen LogP contribution in [0.1, 0.15) is 51.9 Å². The molecule has 2 rings (SSSR count). The minimum Gasteiger partial charge on any atom is -0.493 e. The third-order valence-corrected chi connectivity index (χ3v) is 4.69. The highest BCUT2D eigenvalue weighted by molar-refractivity contribution is 5.76. The molecule has 1 aliphatic rings. The van der Waals surface area contributed by atoms with Gasteiger partial charge in [-0.1, -0.05) is 43.9 Å². The topological polar surface area (TPSA) is 58.6 Å². The Hall–Kier alpha value is -2.04.